The molecule has 1 fully saturated rings. The van der Waals surface area contributed by atoms with Gasteiger partial charge in [-0.25, -0.2) is 18.4 Å². The van der Waals surface area contributed by atoms with Crippen LogP contribution in [0.25, 0.3) is 0 Å². The maximum absolute atomic E-state index is 13.8. The molecule has 4 heterocycles. The topological polar surface area (TPSA) is 139 Å². The first-order chi connectivity index (χ1) is 18.4. The number of hydrogen-bond acceptors (Lipinski definition) is 8. The van der Waals surface area contributed by atoms with Gasteiger partial charge in [0, 0.05) is 43.1 Å². The van der Waals surface area contributed by atoms with Crippen LogP contribution in [0, 0.1) is 5.92 Å². The van der Waals surface area contributed by atoms with Crippen molar-refractivity contribution in [1.82, 2.24) is 9.97 Å². The summed E-state index contributed by atoms with van der Waals surface area (Å²) in [6.45, 7) is 8.99. The predicted molar refractivity (Wildman–Crippen MR) is 149 cm³/mol. The zero-order valence-electron chi connectivity index (χ0n) is 22.4. The Kier molecular flexibility index (Phi) is 6.58. The van der Waals surface area contributed by atoms with Crippen molar-refractivity contribution in [2.45, 2.75) is 56.0 Å². The highest BCUT2D eigenvalue weighted by Gasteiger charge is 2.40. The molecule has 0 spiro atoms. The van der Waals surface area contributed by atoms with Crippen LogP contribution in [-0.4, -0.2) is 48.8 Å². The Morgan fingerprint density at radius 3 is 2.59 bits per heavy atom. The van der Waals surface area contributed by atoms with E-state index in [1.807, 2.05) is 36.9 Å². The van der Waals surface area contributed by atoms with Crippen LogP contribution < -0.4 is 20.9 Å². The van der Waals surface area contributed by atoms with E-state index in [-0.39, 0.29) is 32.7 Å². The molecule has 0 aliphatic carbocycles. The number of nitrogens with zero attached hydrogens (tertiary/aromatic N) is 4. The van der Waals surface area contributed by atoms with Crippen LogP contribution in [0.2, 0.25) is 0 Å². The molecular formula is C28H32N6O4S. The maximum Gasteiger partial charge on any atom is 0.253 e. The monoisotopic (exact) mass is 548 g/mol. The SMILES string of the molecule is CC(=O)N1CCc2cc(Nc3cccc(S(=O)(=O)c4ccnc(N5CC(C)CC5(C)C)c4C(N)=O)n3)ccc21. The van der Waals surface area contributed by atoms with E-state index >= 15 is 0 Å². The molecule has 0 bridgehead atoms. The summed E-state index contributed by atoms with van der Waals surface area (Å²) in [6, 6.07) is 11.6. The van der Waals surface area contributed by atoms with E-state index < -0.39 is 15.7 Å². The average Bonchev–Trinajstić information content (AvgIpc) is 3.42. The average molecular weight is 549 g/mol. The molecule has 1 saturated heterocycles. The van der Waals surface area contributed by atoms with Crippen molar-refractivity contribution in [3.05, 3.63) is 59.8 Å². The Morgan fingerprint density at radius 1 is 1.15 bits per heavy atom. The highest BCUT2D eigenvalue weighted by atomic mass is 32.2. The number of anilines is 4. The lowest BCUT2D eigenvalue weighted by Gasteiger charge is -2.33. The third-order valence-electron chi connectivity index (χ3n) is 7.38. The lowest BCUT2D eigenvalue weighted by Crippen LogP contribution is -2.40. The highest BCUT2D eigenvalue weighted by Crippen LogP contribution is 2.39. The van der Waals surface area contributed by atoms with Gasteiger partial charge < -0.3 is 20.9 Å². The number of benzene rings is 1. The number of nitrogens with one attached hydrogen (secondary N) is 1. The van der Waals surface area contributed by atoms with Gasteiger partial charge in [0.25, 0.3) is 5.91 Å². The van der Waals surface area contributed by atoms with Crippen LogP contribution >= 0.6 is 0 Å². The summed E-state index contributed by atoms with van der Waals surface area (Å²) >= 11 is 0. The van der Waals surface area contributed by atoms with E-state index in [9.17, 15) is 18.0 Å². The lowest BCUT2D eigenvalue weighted by molar-refractivity contribution is -0.116. The number of carbonyl (C=O) groups excluding carboxylic acids is 2. The Morgan fingerprint density at radius 2 is 1.92 bits per heavy atom. The van der Waals surface area contributed by atoms with Crippen LogP contribution in [-0.2, 0) is 21.1 Å². The van der Waals surface area contributed by atoms with Crippen LogP contribution in [0.3, 0.4) is 0 Å². The fraction of sp³-hybridized carbons (Fsp3) is 0.357. The molecule has 2 aliphatic rings. The van der Waals surface area contributed by atoms with E-state index in [1.54, 1.807) is 24.0 Å². The second-order valence-corrected chi connectivity index (χ2v) is 12.7. The normalized spacial score (nSPS) is 18.2. The first kappa shape index (κ1) is 26.6. The van der Waals surface area contributed by atoms with Gasteiger partial charge >= 0.3 is 0 Å². The summed E-state index contributed by atoms with van der Waals surface area (Å²) in [6.07, 6.45) is 3.00. The minimum atomic E-state index is -4.22. The molecule has 2 aliphatic heterocycles. The quantitative estimate of drug-likeness (QED) is 0.476. The van der Waals surface area contributed by atoms with Crippen LogP contribution in [0.1, 0.15) is 50.0 Å². The van der Waals surface area contributed by atoms with Crippen LogP contribution in [0.5, 0.6) is 0 Å². The van der Waals surface area contributed by atoms with Gasteiger partial charge in [-0.1, -0.05) is 13.0 Å². The van der Waals surface area contributed by atoms with Gasteiger partial charge in [0.2, 0.25) is 15.7 Å². The molecule has 0 saturated carbocycles. The number of nitrogens with two attached hydrogens (primary N) is 1. The number of amides is 2. The third kappa shape index (κ3) is 4.82. The van der Waals surface area contributed by atoms with Crippen molar-refractivity contribution in [2.24, 2.45) is 11.7 Å². The van der Waals surface area contributed by atoms with Gasteiger partial charge in [-0.2, -0.15) is 0 Å². The molecule has 2 amide bonds. The standard InChI is InChI=1S/C28H32N6O4S/c1-17-15-28(3,4)34(16-17)27-25(26(29)36)22(10-12-30-27)39(37,38)24-7-5-6-23(32-24)31-20-8-9-21-19(14-20)11-13-33(21)18(2)35/h5-10,12,14,17H,11,13,15-16H2,1-4H3,(H2,29,36)(H,31,32). The van der Waals surface area contributed by atoms with E-state index in [1.165, 1.54) is 18.3 Å². The van der Waals surface area contributed by atoms with Gasteiger partial charge in [-0.05, 0) is 74.6 Å². The smallest absolute Gasteiger partial charge is 0.253 e. The van der Waals surface area contributed by atoms with Crippen molar-refractivity contribution >= 4 is 44.7 Å². The molecule has 39 heavy (non-hydrogen) atoms. The van der Waals surface area contributed by atoms with Gasteiger partial charge in [0.05, 0.1) is 4.90 Å². The van der Waals surface area contributed by atoms with E-state index in [0.717, 1.165) is 29.8 Å². The van der Waals surface area contributed by atoms with Crippen molar-refractivity contribution in [1.29, 1.82) is 0 Å². The Bertz CT molecular complexity index is 1590. The molecule has 11 heteroatoms. The maximum atomic E-state index is 13.8. The molecule has 2 aromatic heterocycles. The molecule has 3 N–H and O–H groups in total. The number of carbonyl (C=O) groups is 2. The predicted octanol–water partition coefficient (Wildman–Crippen LogP) is 3.69. The molecular weight excluding hydrogens is 516 g/mol. The Labute approximate surface area is 228 Å². The molecule has 3 aromatic rings. The molecule has 1 aromatic carbocycles. The van der Waals surface area contributed by atoms with E-state index in [0.29, 0.717) is 24.8 Å². The van der Waals surface area contributed by atoms with E-state index in [2.05, 4.69) is 22.2 Å². The Hall–Kier alpha value is -3.99. The van der Waals surface area contributed by atoms with E-state index in [4.69, 9.17) is 5.73 Å². The summed E-state index contributed by atoms with van der Waals surface area (Å²) < 4.78 is 27.7. The van der Waals surface area contributed by atoms with Crippen molar-refractivity contribution in [2.75, 3.05) is 28.2 Å². The van der Waals surface area contributed by atoms with Crippen molar-refractivity contribution in [3.8, 4) is 0 Å². The van der Waals surface area contributed by atoms with Crippen LogP contribution in [0.4, 0.5) is 23.0 Å². The number of primary amides is 1. The zero-order valence-corrected chi connectivity index (χ0v) is 23.2. The Balaban J connectivity index is 1.49. The van der Waals surface area contributed by atoms with Gasteiger partial charge in [0.1, 0.15) is 17.2 Å². The van der Waals surface area contributed by atoms with Crippen molar-refractivity contribution in [3.63, 3.8) is 0 Å². The van der Waals surface area contributed by atoms with Gasteiger partial charge in [0.15, 0.2) is 5.03 Å². The lowest BCUT2D eigenvalue weighted by atomic mass is 9.97. The molecule has 1 atom stereocenters. The number of pyridine rings is 2. The fourth-order valence-corrected chi connectivity index (χ4v) is 7.16. The number of hydrogen-bond donors (Lipinski definition) is 2. The fourth-order valence-electron chi connectivity index (χ4n) is 5.75. The highest BCUT2D eigenvalue weighted by molar-refractivity contribution is 7.91. The first-order valence-electron chi connectivity index (χ1n) is 12.8. The van der Waals surface area contributed by atoms with Gasteiger partial charge in [-0.15, -0.1) is 0 Å². The van der Waals surface area contributed by atoms with Gasteiger partial charge in [-0.3, -0.25) is 9.59 Å². The summed E-state index contributed by atoms with van der Waals surface area (Å²) in [5, 5.41) is 2.94. The summed E-state index contributed by atoms with van der Waals surface area (Å²) in [5.41, 5.74) is 7.92. The number of aromatic nitrogens is 2. The number of rotatable bonds is 6. The largest absolute Gasteiger partial charge is 0.365 e. The zero-order chi connectivity index (χ0) is 28.1. The molecule has 1 unspecified atom stereocenters. The summed E-state index contributed by atoms with van der Waals surface area (Å²) in [5.74, 6) is 0.0641. The molecule has 204 valence electrons. The minimum absolute atomic E-state index is 0.00793. The minimum Gasteiger partial charge on any atom is -0.365 e. The summed E-state index contributed by atoms with van der Waals surface area (Å²) in [7, 11) is -4.22. The summed E-state index contributed by atoms with van der Waals surface area (Å²) in [4.78, 5) is 36.8. The first-order valence-corrected chi connectivity index (χ1v) is 14.3. The molecule has 0 radical (unpaired) electrons. The second-order valence-electron chi connectivity index (χ2n) is 10.9. The number of fused-ring (bicyclic) bond motifs is 1. The number of sulfone groups is 1. The third-order valence-corrected chi connectivity index (χ3v) is 9.08. The second kappa shape index (κ2) is 9.64. The van der Waals surface area contributed by atoms with Crippen LogP contribution in [0.15, 0.2) is 58.6 Å². The molecule has 5 rings (SSSR count). The molecule has 10 nitrogen and oxygen atoms in total. The van der Waals surface area contributed by atoms with Crippen molar-refractivity contribution < 1.29 is 18.0 Å².